The van der Waals surface area contributed by atoms with Crippen LogP contribution in [0.3, 0.4) is 0 Å². The van der Waals surface area contributed by atoms with Gasteiger partial charge in [-0.15, -0.1) is 0 Å². The monoisotopic (exact) mass is 1770 g/mol. The van der Waals surface area contributed by atoms with Crippen LogP contribution < -0.4 is 53.2 Å². The van der Waals surface area contributed by atoms with E-state index in [1.54, 1.807) is 0 Å². The standard InChI is InChI=1S/C75H138BrN11O31/c1-51(91)83-63-55(116-58(47-88)66(96)69(63)99)10-4-25-105-34-37-109-30-21-80-72(102)77-18-7-15-75(86-61(94)50-115-45-44-114-43-42-113-41-40-112-33-24-87(62(95)46-76)54-13-28-108-29-14-54,16-8-19-78-73(103)81-22-31-110-38-35-106-26-5-11-56-64(84-52(2)92)70(100)67(97)59(48-89)117-56)17-9-20-79-74(104)82-23-32-111-39-36-107-27-6-12-57-65(85-53(3)93)71(101)68(98)60(49-90)118-57/h54-60,63-71,88-90,96-101H,4-50H2,1-3H3,(H,83,91)(H,84,92)(H,85,93)(H,86,94)(H2,77,80,102)(H2,78,81,103)(H2,79,82,104)/t55-,56-,57-,58-,59-,60-,63+,64+,65+,66+,67+,68+,69-,70-,71-/m1/s1. The van der Waals surface area contributed by atoms with Crippen LogP contribution in [0.1, 0.15) is 111 Å². The van der Waals surface area contributed by atoms with E-state index in [9.17, 15) is 84.3 Å². The number of amides is 11. The molecule has 15 atom stereocenters. The van der Waals surface area contributed by atoms with Crippen LogP contribution in [0.4, 0.5) is 14.4 Å². The highest BCUT2D eigenvalue weighted by Crippen LogP contribution is 2.29. The minimum Gasteiger partial charge on any atom is -0.394 e. The highest BCUT2D eigenvalue weighted by Gasteiger charge is 2.47. The maximum atomic E-state index is 14.0. The van der Waals surface area contributed by atoms with Crippen LogP contribution >= 0.6 is 15.9 Å². The second-order valence-electron chi connectivity index (χ2n) is 29.1. The first-order valence-corrected chi connectivity index (χ1v) is 42.4. The molecule has 118 heavy (non-hydrogen) atoms. The highest BCUT2D eigenvalue weighted by atomic mass is 79.9. The average molecular weight is 1770 g/mol. The predicted molar refractivity (Wildman–Crippen MR) is 424 cm³/mol. The quantitative estimate of drug-likeness (QED) is 0.0200. The third kappa shape index (κ3) is 43.7. The Morgan fingerprint density at radius 1 is 0.381 bits per heavy atom. The van der Waals surface area contributed by atoms with Gasteiger partial charge in [-0.25, -0.2) is 14.4 Å². The lowest BCUT2D eigenvalue weighted by Gasteiger charge is -2.42. The number of ether oxygens (including phenoxy) is 14. The van der Waals surface area contributed by atoms with Crippen LogP contribution in [0.25, 0.3) is 0 Å². The summed E-state index contributed by atoms with van der Waals surface area (Å²) in [7, 11) is 0. The Morgan fingerprint density at radius 2 is 0.678 bits per heavy atom. The maximum absolute atomic E-state index is 14.0. The molecule has 4 aliphatic heterocycles. The second-order valence-corrected chi connectivity index (χ2v) is 29.6. The fourth-order valence-corrected chi connectivity index (χ4v) is 14.3. The van der Waals surface area contributed by atoms with E-state index in [0.717, 1.165) is 12.8 Å². The van der Waals surface area contributed by atoms with E-state index < -0.39 is 158 Å². The summed E-state index contributed by atoms with van der Waals surface area (Å²) >= 11 is 3.28. The summed E-state index contributed by atoms with van der Waals surface area (Å²) in [6.45, 7) is 9.13. The first-order chi connectivity index (χ1) is 57.0. The lowest BCUT2D eigenvalue weighted by Crippen LogP contribution is -2.63. The van der Waals surface area contributed by atoms with Crippen molar-refractivity contribution in [3.63, 3.8) is 0 Å². The Hall–Kier alpha value is -5.28. The zero-order valence-electron chi connectivity index (χ0n) is 68.8. The highest BCUT2D eigenvalue weighted by molar-refractivity contribution is 9.09. The molecule has 686 valence electrons. The Kier molecular flexibility index (Phi) is 56.6. The number of carbonyl (C=O) groups is 8. The zero-order valence-corrected chi connectivity index (χ0v) is 70.4. The van der Waals surface area contributed by atoms with Crippen molar-refractivity contribution in [1.82, 2.24) is 58.1 Å². The first kappa shape index (κ1) is 105. The van der Waals surface area contributed by atoms with E-state index in [1.807, 2.05) is 4.90 Å². The normalized spacial score (nSPS) is 24.1. The van der Waals surface area contributed by atoms with Crippen molar-refractivity contribution in [2.45, 2.75) is 214 Å². The Morgan fingerprint density at radius 3 is 0.992 bits per heavy atom. The van der Waals surface area contributed by atoms with Crippen LogP contribution in [-0.2, 0) is 90.3 Å². The number of aliphatic hydroxyl groups is 9. The molecule has 0 unspecified atom stereocenters. The van der Waals surface area contributed by atoms with E-state index in [1.165, 1.54) is 20.8 Å². The number of alkyl halides is 1. The van der Waals surface area contributed by atoms with Crippen molar-refractivity contribution in [3.05, 3.63) is 0 Å². The number of hydrogen-bond donors (Lipinski definition) is 19. The van der Waals surface area contributed by atoms with Gasteiger partial charge in [0.25, 0.3) is 0 Å². The van der Waals surface area contributed by atoms with Crippen LogP contribution in [0.5, 0.6) is 0 Å². The number of carbonyl (C=O) groups excluding carboxylic acids is 8. The fourth-order valence-electron chi connectivity index (χ4n) is 13.9. The first-order valence-electron chi connectivity index (χ1n) is 41.2. The van der Waals surface area contributed by atoms with Gasteiger partial charge in [-0.05, 0) is 89.9 Å². The van der Waals surface area contributed by atoms with Gasteiger partial charge in [-0.2, -0.15) is 0 Å². The SMILES string of the molecule is CC(=O)N[C@@H]1[C@@H](O)[C@@H](O)[C@@H](CO)O[C@@H]1CCCOCCOCCNC(=O)NCCCC(CCCNC(=O)NCCOCCOCCC[C@H]1O[C@H](CO)[C@H](O)[C@H](O)[C@H]1NC(C)=O)(CCCNC(=O)NCCOCCOCCC[C@H]1O[C@H](CO)[C@H](O)[C@H](O)[C@H]1NC(C)=O)NC(=O)COCCOCCOCCOCCN(C(=O)CBr)C1CCOCC1. The molecule has 11 amide bonds. The fraction of sp³-hybridized carbons (Fsp3) is 0.893. The molecule has 4 heterocycles. The molecule has 0 aromatic carbocycles. The number of aliphatic hydroxyl groups excluding tert-OH is 9. The van der Waals surface area contributed by atoms with E-state index in [2.05, 4.69) is 69.1 Å². The molecule has 42 nitrogen and oxygen atoms in total. The predicted octanol–water partition coefficient (Wildman–Crippen LogP) is -5.05. The van der Waals surface area contributed by atoms with Crippen molar-refractivity contribution in [1.29, 1.82) is 0 Å². The molecule has 0 saturated carbocycles. The van der Waals surface area contributed by atoms with Crippen LogP contribution in [0, 0.1) is 0 Å². The topological polar surface area (TPSA) is 571 Å². The molecule has 0 aromatic rings. The Bertz CT molecular complexity index is 2520. The third-order valence-corrected chi connectivity index (χ3v) is 20.4. The molecule has 0 aromatic heterocycles. The van der Waals surface area contributed by atoms with Crippen LogP contribution in [0.2, 0.25) is 0 Å². The number of nitrogens with zero attached hydrogens (tertiary/aromatic N) is 1. The Balaban J connectivity index is 1.28. The van der Waals surface area contributed by atoms with Crippen molar-refractivity contribution in [2.24, 2.45) is 0 Å². The zero-order chi connectivity index (χ0) is 86.1. The largest absolute Gasteiger partial charge is 0.394 e. The van der Waals surface area contributed by atoms with Gasteiger partial charge in [0.05, 0.1) is 167 Å². The van der Waals surface area contributed by atoms with E-state index >= 15 is 0 Å². The summed E-state index contributed by atoms with van der Waals surface area (Å²) < 4.78 is 79.7. The smallest absolute Gasteiger partial charge is 0.314 e. The van der Waals surface area contributed by atoms with Gasteiger partial charge in [0.15, 0.2) is 0 Å². The summed E-state index contributed by atoms with van der Waals surface area (Å²) in [5.74, 6) is -1.67. The van der Waals surface area contributed by atoms with Crippen molar-refractivity contribution in [3.8, 4) is 0 Å². The molecule has 19 N–H and O–H groups in total. The number of rotatable bonds is 65. The van der Waals surface area contributed by atoms with Gasteiger partial charge in [0.2, 0.25) is 29.5 Å². The van der Waals surface area contributed by atoms with Crippen molar-refractivity contribution in [2.75, 3.05) is 216 Å². The second kappa shape index (κ2) is 63.6. The maximum Gasteiger partial charge on any atom is 0.314 e. The van der Waals surface area contributed by atoms with Crippen molar-refractivity contribution >= 4 is 63.6 Å². The summed E-state index contributed by atoms with van der Waals surface area (Å²) in [5, 5.41) is 120. The van der Waals surface area contributed by atoms with Gasteiger partial charge in [0, 0.05) is 111 Å². The molecule has 4 rings (SSSR count). The molecule has 4 saturated heterocycles. The average Bonchev–Trinajstić information content (AvgIpc) is 0.818. The summed E-state index contributed by atoms with van der Waals surface area (Å²) in [6, 6.07) is -3.93. The Labute approximate surface area is 699 Å². The number of urea groups is 3. The molecule has 43 heteroatoms. The van der Waals surface area contributed by atoms with Gasteiger partial charge < -0.3 is 170 Å². The van der Waals surface area contributed by atoms with E-state index in [0.29, 0.717) is 117 Å². The molecular formula is C75H138BrN11O31. The molecule has 0 bridgehead atoms. The summed E-state index contributed by atoms with van der Waals surface area (Å²) in [6.07, 6.45) is -7.03. The lowest BCUT2D eigenvalue weighted by atomic mass is 9.83. The molecule has 0 spiro atoms. The van der Waals surface area contributed by atoms with E-state index in [-0.39, 0.29) is 169 Å². The summed E-state index contributed by atoms with van der Waals surface area (Å²) in [5.41, 5.74) is -0.959. The van der Waals surface area contributed by atoms with Gasteiger partial charge in [-0.1, -0.05) is 15.9 Å². The number of nitrogens with one attached hydrogen (secondary N) is 10. The molecule has 4 fully saturated rings. The van der Waals surface area contributed by atoms with Gasteiger partial charge in [0.1, 0.15) is 61.5 Å². The van der Waals surface area contributed by atoms with E-state index in [4.69, 9.17) is 66.3 Å². The molecule has 0 aliphatic carbocycles. The molecule has 0 radical (unpaired) electrons. The number of halogens is 1. The van der Waals surface area contributed by atoms with Gasteiger partial charge >= 0.3 is 18.1 Å². The van der Waals surface area contributed by atoms with Gasteiger partial charge in [-0.3, -0.25) is 24.0 Å². The number of hydrogen-bond acceptors (Lipinski definition) is 31. The summed E-state index contributed by atoms with van der Waals surface area (Å²) in [4.78, 5) is 103. The lowest BCUT2D eigenvalue weighted by molar-refractivity contribution is -0.197. The van der Waals surface area contributed by atoms with Crippen LogP contribution in [0.15, 0.2) is 0 Å². The minimum absolute atomic E-state index is 0.00431. The van der Waals surface area contributed by atoms with Crippen LogP contribution in [-0.4, -0.2) is 418 Å². The van der Waals surface area contributed by atoms with Crippen molar-refractivity contribution < 1.29 is 151 Å². The molecule has 4 aliphatic rings. The minimum atomic E-state index is -1.38. The third-order valence-electron chi connectivity index (χ3n) is 19.9. The molecular weight excluding hydrogens is 1630 g/mol.